The van der Waals surface area contributed by atoms with Gasteiger partial charge in [0.1, 0.15) is 0 Å². The Hall–Kier alpha value is -7.50. The van der Waals surface area contributed by atoms with Gasteiger partial charge in [0.05, 0.1) is 39.1 Å². The van der Waals surface area contributed by atoms with Gasteiger partial charge in [-0.05, 0) is 139 Å². The Morgan fingerprint density at radius 3 is 1.65 bits per heavy atom. The lowest BCUT2D eigenvalue weighted by molar-refractivity contribution is 0.590. The summed E-state index contributed by atoms with van der Waals surface area (Å²) >= 11 is 0. The van der Waals surface area contributed by atoms with Crippen LogP contribution in [-0.2, 0) is 16.2 Å². The minimum atomic E-state index is -0.129. The largest absolute Gasteiger partial charge is 0.311 e. The molecule has 0 amide bonds. The van der Waals surface area contributed by atoms with Gasteiger partial charge in [0.15, 0.2) is 0 Å². The molecule has 69 heavy (non-hydrogen) atoms. The van der Waals surface area contributed by atoms with Crippen LogP contribution in [-0.4, -0.2) is 15.8 Å². The standard InChI is InChI=1S/C64H55BN4/c1-62(2,3)40-25-30-52-47(33-40)48-34-41(63(4,5)6)26-31-53(48)66(52)44-28-29-49-56(37-44)67(43-27-24-38-16-10-11-17-39(38)32-43)57-35-42(64(7,8)9)36-58-59(57)65(49)50-20-15-23-55-61(50)69(58)54-22-14-19-46-45-18-12-13-21-51(45)68(55)60(46)54/h10-37H,1-9H3. The van der Waals surface area contributed by atoms with Crippen LogP contribution in [0, 0.1) is 0 Å². The maximum Gasteiger partial charge on any atom is 0.252 e. The third kappa shape index (κ3) is 5.59. The molecule has 14 rings (SSSR count). The normalized spacial score (nSPS) is 14.1. The maximum atomic E-state index is 2.63. The van der Waals surface area contributed by atoms with Crippen LogP contribution in [0.5, 0.6) is 0 Å². The summed E-state index contributed by atoms with van der Waals surface area (Å²) in [6.07, 6.45) is 0. The van der Waals surface area contributed by atoms with Crippen molar-refractivity contribution in [1.82, 2.24) is 9.13 Å². The van der Waals surface area contributed by atoms with Crippen molar-refractivity contribution in [2.75, 3.05) is 9.80 Å². The SMILES string of the molecule is CC(C)(C)c1cc2c3c(c1)N1c4c(cccc4-n4c5ccccc5c5cccc1c54)B3c1ccc(-n3c4ccc(C(C)(C)C)cc4c4cc(C(C)(C)C)ccc43)cc1N2c1ccc2ccccc2c1. The zero-order valence-electron chi connectivity index (χ0n) is 41.0. The fourth-order valence-corrected chi connectivity index (χ4v) is 12.3. The van der Waals surface area contributed by atoms with Crippen molar-refractivity contribution in [3.8, 4) is 11.4 Å². The van der Waals surface area contributed by atoms with Crippen LogP contribution in [0.4, 0.5) is 34.1 Å². The molecule has 0 saturated heterocycles. The van der Waals surface area contributed by atoms with Crippen LogP contribution in [0.25, 0.3) is 65.8 Å². The molecular formula is C64H55BN4. The van der Waals surface area contributed by atoms with Gasteiger partial charge in [-0.3, -0.25) is 0 Å². The van der Waals surface area contributed by atoms with E-state index < -0.39 is 0 Å². The highest BCUT2D eigenvalue weighted by Gasteiger charge is 2.47. The van der Waals surface area contributed by atoms with Crippen molar-refractivity contribution >= 4 is 112 Å². The third-order valence-corrected chi connectivity index (χ3v) is 15.8. The van der Waals surface area contributed by atoms with Crippen molar-refractivity contribution < 1.29 is 0 Å². The molecule has 3 aliphatic rings. The Labute approximate surface area is 405 Å². The molecule has 0 saturated carbocycles. The van der Waals surface area contributed by atoms with E-state index in [2.05, 4.69) is 251 Å². The number of rotatable bonds is 2. The summed E-state index contributed by atoms with van der Waals surface area (Å²) in [7, 11) is 0. The van der Waals surface area contributed by atoms with E-state index >= 15 is 0 Å². The van der Waals surface area contributed by atoms with Gasteiger partial charge in [-0.25, -0.2) is 0 Å². The number of nitrogens with zero attached hydrogens (tertiary/aromatic N) is 4. The summed E-state index contributed by atoms with van der Waals surface area (Å²) in [4.78, 5) is 5.24. The summed E-state index contributed by atoms with van der Waals surface area (Å²) < 4.78 is 5.07. The Balaban J connectivity index is 1.10. The molecule has 5 heterocycles. The van der Waals surface area contributed by atoms with Crippen molar-refractivity contribution in [3.05, 3.63) is 187 Å². The van der Waals surface area contributed by atoms with Gasteiger partial charge in [0.25, 0.3) is 6.71 Å². The molecule has 334 valence electrons. The maximum absolute atomic E-state index is 2.63. The molecule has 0 spiro atoms. The lowest BCUT2D eigenvalue weighted by Crippen LogP contribution is -2.62. The van der Waals surface area contributed by atoms with Crippen LogP contribution in [0.2, 0.25) is 0 Å². The molecule has 9 aromatic carbocycles. The monoisotopic (exact) mass is 890 g/mol. The molecule has 0 unspecified atom stereocenters. The molecule has 0 aliphatic carbocycles. The average molecular weight is 891 g/mol. The summed E-state index contributed by atoms with van der Waals surface area (Å²) in [6.45, 7) is 21.0. The van der Waals surface area contributed by atoms with Gasteiger partial charge < -0.3 is 18.9 Å². The van der Waals surface area contributed by atoms with Crippen LogP contribution in [0.3, 0.4) is 0 Å². The first kappa shape index (κ1) is 40.6. The minimum absolute atomic E-state index is 0.0135. The first-order valence-electron chi connectivity index (χ1n) is 24.8. The molecule has 4 nitrogen and oxygen atoms in total. The Morgan fingerprint density at radius 1 is 0.348 bits per heavy atom. The van der Waals surface area contributed by atoms with E-state index in [1.54, 1.807) is 0 Å². The highest BCUT2D eigenvalue weighted by Crippen LogP contribution is 2.53. The lowest BCUT2D eigenvalue weighted by atomic mass is 9.33. The number of hydrogen-bond donors (Lipinski definition) is 0. The third-order valence-electron chi connectivity index (χ3n) is 15.8. The number of aromatic nitrogens is 2. The zero-order chi connectivity index (χ0) is 47.0. The van der Waals surface area contributed by atoms with E-state index in [1.165, 1.54) is 122 Å². The molecule has 0 bridgehead atoms. The molecule has 0 fully saturated rings. The Kier molecular flexibility index (Phi) is 8.00. The molecule has 0 radical (unpaired) electrons. The van der Waals surface area contributed by atoms with Gasteiger partial charge in [-0.1, -0.05) is 153 Å². The second-order valence-electron chi connectivity index (χ2n) is 23.1. The molecule has 2 aromatic heterocycles. The Bertz CT molecular complexity index is 3980. The molecule has 5 heteroatoms. The summed E-state index contributed by atoms with van der Waals surface area (Å²) in [5.41, 5.74) is 22.6. The van der Waals surface area contributed by atoms with E-state index in [9.17, 15) is 0 Å². The van der Waals surface area contributed by atoms with E-state index in [0.29, 0.717) is 0 Å². The fourth-order valence-electron chi connectivity index (χ4n) is 12.3. The summed E-state index contributed by atoms with van der Waals surface area (Å²) in [5, 5.41) is 7.63. The first-order chi connectivity index (χ1) is 33.1. The highest BCUT2D eigenvalue weighted by atomic mass is 15.2. The minimum Gasteiger partial charge on any atom is -0.311 e. The van der Waals surface area contributed by atoms with Crippen molar-refractivity contribution in [3.63, 3.8) is 0 Å². The molecule has 3 aliphatic heterocycles. The number of benzene rings is 9. The summed E-state index contributed by atoms with van der Waals surface area (Å²) in [6, 6.07) is 65.5. The zero-order valence-corrected chi connectivity index (χ0v) is 41.0. The second kappa shape index (κ2) is 13.6. The van der Waals surface area contributed by atoms with Gasteiger partial charge in [-0.2, -0.15) is 0 Å². The second-order valence-corrected chi connectivity index (χ2v) is 23.1. The quantitative estimate of drug-likeness (QED) is 0.161. The van der Waals surface area contributed by atoms with Gasteiger partial charge >= 0.3 is 0 Å². The van der Waals surface area contributed by atoms with Gasteiger partial charge in [0.2, 0.25) is 0 Å². The van der Waals surface area contributed by atoms with E-state index in [4.69, 9.17) is 0 Å². The molecule has 0 atom stereocenters. The molecule has 0 N–H and O–H groups in total. The van der Waals surface area contributed by atoms with Gasteiger partial charge in [0, 0.05) is 50.0 Å². The average Bonchev–Trinajstić information content (AvgIpc) is 3.85. The smallest absolute Gasteiger partial charge is 0.252 e. The number of para-hydroxylation sites is 3. The van der Waals surface area contributed by atoms with E-state index in [-0.39, 0.29) is 23.0 Å². The molecule has 11 aromatic rings. The fraction of sp³-hybridized carbons (Fsp3) is 0.188. The van der Waals surface area contributed by atoms with Crippen LogP contribution in [0.15, 0.2) is 170 Å². The highest BCUT2D eigenvalue weighted by molar-refractivity contribution is 7.00. The van der Waals surface area contributed by atoms with E-state index in [1.807, 2.05) is 0 Å². The predicted octanol–water partition coefficient (Wildman–Crippen LogP) is 15.3. The van der Waals surface area contributed by atoms with Crippen LogP contribution in [0.1, 0.15) is 79.0 Å². The van der Waals surface area contributed by atoms with Crippen LogP contribution >= 0.6 is 0 Å². The topological polar surface area (TPSA) is 16.3 Å². The lowest BCUT2D eigenvalue weighted by Gasteiger charge is -2.47. The van der Waals surface area contributed by atoms with Crippen molar-refractivity contribution in [2.24, 2.45) is 0 Å². The number of anilines is 6. The number of hydrogen-bond acceptors (Lipinski definition) is 2. The Morgan fingerprint density at radius 2 is 0.942 bits per heavy atom. The molecular weight excluding hydrogens is 836 g/mol. The predicted molar refractivity (Wildman–Crippen MR) is 296 cm³/mol. The number of fused-ring (bicyclic) bond motifs is 13. The van der Waals surface area contributed by atoms with Gasteiger partial charge in [-0.15, -0.1) is 0 Å². The van der Waals surface area contributed by atoms with Crippen molar-refractivity contribution in [1.29, 1.82) is 0 Å². The van der Waals surface area contributed by atoms with Crippen molar-refractivity contribution in [2.45, 2.75) is 78.6 Å². The van der Waals surface area contributed by atoms with E-state index in [0.717, 1.165) is 11.4 Å². The van der Waals surface area contributed by atoms with Crippen LogP contribution < -0.4 is 26.2 Å². The summed E-state index contributed by atoms with van der Waals surface area (Å²) in [5.74, 6) is 0. The first-order valence-corrected chi connectivity index (χ1v) is 24.8.